The van der Waals surface area contributed by atoms with Crippen LogP contribution in [0.3, 0.4) is 0 Å². The van der Waals surface area contributed by atoms with Crippen LogP contribution in [0.25, 0.3) is 11.1 Å². The summed E-state index contributed by atoms with van der Waals surface area (Å²) in [5.74, 6) is -0.194. The molecule has 0 aliphatic carbocycles. The van der Waals surface area contributed by atoms with Gasteiger partial charge >= 0.3 is 0 Å². The van der Waals surface area contributed by atoms with Crippen molar-refractivity contribution in [1.82, 2.24) is 0 Å². The maximum atomic E-state index is 11.2. The minimum Gasteiger partial charge on any atom is -0.306 e. The Morgan fingerprint density at radius 3 is 0.623 bits per heavy atom. The highest BCUT2D eigenvalue weighted by Crippen LogP contribution is 2.74. The molecule has 0 saturated carbocycles. The molecule has 5 aliphatic rings. The predicted molar refractivity (Wildman–Crippen MR) is 470 cm³/mol. The van der Waals surface area contributed by atoms with E-state index in [2.05, 4.69) is 457 Å². The quantitative estimate of drug-likeness (QED) is 0.125. The molecule has 22 rings (SSSR count). The molecular formula is C104H70N10. The number of fused-ring (bicyclic) bond motifs is 10. The molecule has 17 aromatic rings. The molecule has 5 heterocycles. The van der Waals surface area contributed by atoms with E-state index in [1.807, 2.05) is 12.1 Å². The molecule has 0 unspecified atom stereocenters. The molecule has 10 nitrogen and oxygen atoms in total. The Morgan fingerprint density at radius 1 is 0.175 bits per heavy atom. The second kappa shape index (κ2) is 26.9. The smallest absolute Gasteiger partial charge is 0.0991 e. The summed E-state index contributed by atoms with van der Waals surface area (Å²) < 4.78 is 0. The number of hydrogen-bond donors (Lipinski definition) is 0. The van der Waals surface area contributed by atoms with Crippen molar-refractivity contribution in [3.63, 3.8) is 0 Å². The van der Waals surface area contributed by atoms with Gasteiger partial charge in [0.1, 0.15) is 0 Å². The Kier molecular flexibility index (Phi) is 15.5. The highest BCUT2D eigenvalue weighted by Gasteiger charge is 2.49. The van der Waals surface area contributed by atoms with Crippen LogP contribution in [-0.2, 0) is 0 Å². The van der Waals surface area contributed by atoms with E-state index in [9.17, 15) is 5.26 Å². The fourth-order valence-electron chi connectivity index (χ4n) is 18.3. The summed E-state index contributed by atoms with van der Waals surface area (Å²) in [7, 11) is 0. The predicted octanol–water partition coefficient (Wildman–Crippen LogP) is 29.2. The maximum Gasteiger partial charge on any atom is 0.0991 e. The van der Waals surface area contributed by atoms with Crippen molar-refractivity contribution in [2.75, 3.05) is 44.1 Å². The molecule has 0 radical (unpaired) electrons. The van der Waals surface area contributed by atoms with E-state index in [0.717, 1.165) is 176 Å². The number of nitrogens with zero attached hydrogens (tertiary/aromatic N) is 10. The second-order valence-electron chi connectivity index (χ2n) is 29.0. The molecule has 0 fully saturated rings. The third-order valence-electron chi connectivity index (χ3n) is 22.9. The first-order valence-corrected chi connectivity index (χ1v) is 38.8. The maximum absolute atomic E-state index is 11.2. The number of anilines is 27. The van der Waals surface area contributed by atoms with Crippen LogP contribution in [0.4, 0.5) is 154 Å². The van der Waals surface area contributed by atoms with E-state index in [4.69, 9.17) is 0 Å². The third-order valence-corrected chi connectivity index (χ3v) is 22.9. The lowest BCUT2D eigenvalue weighted by molar-refractivity contribution is 0.937. The lowest BCUT2D eigenvalue weighted by Crippen LogP contribution is -2.33. The first-order valence-electron chi connectivity index (χ1n) is 38.8. The van der Waals surface area contributed by atoms with Gasteiger partial charge in [-0.3, -0.25) is 0 Å². The van der Waals surface area contributed by atoms with E-state index >= 15 is 0 Å². The minimum absolute atomic E-state index is 0.194. The summed E-state index contributed by atoms with van der Waals surface area (Å²) >= 11 is 0. The van der Waals surface area contributed by atoms with Gasteiger partial charge in [0.05, 0.1) is 142 Å². The first kappa shape index (κ1) is 65.5. The summed E-state index contributed by atoms with van der Waals surface area (Å²) in [5, 5.41) is 11.2. The van der Waals surface area contributed by atoms with Crippen LogP contribution in [0, 0.1) is 11.3 Å². The number of benzene rings is 17. The van der Waals surface area contributed by atoms with Crippen molar-refractivity contribution in [3.8, 4) is 17.2 Å². The average molecular weight is 1460 g/mol. The Balaban J connectivity index is 1.03. The molecular weight excluding hydrogens is 1390 g/mol. The van der Waals surface area contributed by atoms with E-state index in [0.29, 0.717) is 5.56 Å². The van der Waals surface area contributed by atoms with Crippen LogP contribution in [0.15, 0.2) is 419 Å². The molecule has 0 atom stereocenters. The lowest BCUT2D eigenvalue weighted by Gasteiger charge is -2.50. The van der Waals surface area contributed by atoms with Gasteiger partial charge in [-0.15, -0.1) is 0 Å². The Morgan fingerprint density at radius 2 is 0.368 bits per heavy atom. The van der Waals surface area contributed by atoms with Gasteiger partial charge in [0.25, 0.3) is 0 Å². The van der Waals surface area contributed by atoms with E-state index in [-0.39, 0.29) is 5.92 Å². The zero-order valence-electron chi connectivity index (χ0n) is 61.9. The van der Waals surface area contributed by atoms with Crippen molar-refractivity contribution >= 4 is 154 Å². The number of nitriles is 1. The summed E-state index contributed by atoms with van der Waals surface area (Å²) in [4.78, 5) is 22.8. The Hall–Kier alpha value is -15.6. The van der Waals surface area contributed by atoms with Gasteiger partial charge in [0, 0.05) is 34.2 Å². The van der Waals surface area contributed by atoms with Crippen LogP contribution in [0.5, 0.6) is 0 Å². The van der Waals surface area contributed by atoms with Gasteiger partial charge in [-0.05, 0) is 192 Å². The topological polar surface area (TPSA) is 53.0 Å². The zero-order valence-corrected chi connectivity index (χ0v) is 61.9. The summed E-state index contributed by atoms with van der Waals surface area (Å²) in [6.07, 6.45) is 0. The van der Waals surface area contributed by atoms with Gasteiger partial charge in [-0.1, -0.05) is 249 Å². The van der Waals surface area contributed by atoms with Crippen molar-refractivity contribution in [1.29, 1.82) is 5.26 Å². The van der Waals surface area contributed by atoms with Gasteiger partial charge in [-0.25, -0.2) is 0 Å². The SMILES string of the molecule is N#Cc1ccc(-c2c(N3c4ccccc4N(c4ccccc4)c4ccccc43)c(N3c4ccccc4N(c4ccccc4)c4ccccc43)c(N3c4ccccc4C(c4ccccc4)c4ccccc43)c(N3c4ccccc4N(c4ccccc4)c4ccccc43)c2N2c3ccccc3N(c3ccccc3)c3ccccc32)cc1. The van der Waals surface area contributed by atoms with Crippen molar-refractivity contribution < 1.29 is 0 Å². The highest BCUT2D eigenvalue weighted by molar-refractivity contribution is 6.25. The van der Waals surface area contributed by atoms with Crippen molar-refractivity contribution in [3.05, 3.63) is 441 Å². The van der Waals surface area contributed by atoms with Crippen LogP contribution < -0.4 is 44.1 Å². The van der Waals surface area contributed by atoms with Gasteiger partial charge in [0.15, 0.2) is 0 Å². The summed E-state index contributed by atoms with van der Waals surface area (Å²) in [5.41, 5.74) is 31.6. The van der Waals surface area contributed by atoms with Gasteiger partial charge < -0.3 is 44.1 Å². The molecule has 17 aromatic carbocycles. The molecule has 114 heavy (non-hydrogen) atoms. The molecule has 536 valence electrons. The summed E-state index contributed by atoms with van der Waals surface area (Å²) in [6, 6.07) is 155. The van der Waals surface area contributed by atoms with Crippen molar-refractivity contribution in [2.45, 2.75) is 5.92 Å². The van der Waals surface area contributed by atoms with E-state index in [1.54, 1.807) is 0 Å². The van der Waals surface area contributed by atoms with Crippen LogP contribution >= 0.6 is 0 Å². The normalized spacial score (nSPS) is 13.4. The van der Waals surface area contributed by atoms with Crippen molar-refractivity contribution in [2.24, 2.45) is 0 Å². The highest BCUT2D eigenvalue weighted by atomic mass is 15.4. The Labute approximate surface area is 662 Å². The third kappa shape index (κ3) is 10.1. The zero-order chi connectivity index (χ0) is 75.3. The molecule has 0 N–H and O–H groups in total. The molecule has 0 spiro atoms. The molecule has 0 saturated heterocycles. The average Bonchev–Trinajstić information content (AvgIpc) is 0.673. The second-order valence-corrected chi connectivity index (χ2v) is 29.0. The van der Waals surface area contributed by atoms with Crippen LogP contribution in [0.1, 0.15) is 28.2 Å². The number of para-hydroxylation sites is 22. The number of rotatable bonds is 11. The molecule has 5 aliphatic heterocycles. The van der Waals surface area contributed by atoms with E-state index < -0.39 is 0 Å². The van der Waals surface area contributed by atoms with Crippen LogP contribution in [0.2, 0.25) is 0 Å². The molecule has 0 aromatic heterocycles. The first-order chi connectivity index (χ1) is 56.7. The standard InChI is InChI=1S/C104H70N10/c105-70-71-66-68-73(69-67-71)99-100(111-90-58-28-20-50-82(90)106(74-38-8-2-9-39-74)83-51-21-29-59-91(83)111)102(113-94-62-32-24-54-86(94)108(76-42-12-4-13-43-76)87-55-25-33-63-95(87)113)104(110-80-48-18-16-46-78(80)98(72-36-6-1-7-37-72)79-47-17-19-49-81(79)110)103(114-96-64-34-26-56-88(96)109(77-44-14-5-15-45-77)89-57-27-35-65-97(89)114)101(99)112-92-60-30-22-52-84(92)107(75-40-10-3-11-41-75)85-53-23-31-61-93(85)112/h1-69,98H. The monoisotopic (exact) mass is 1460 g/mol. The van der Waals surface area contributed by atoms with Gasteiger partial charge in [-0.2, -0.15) is 5.26 Å². The lowest BCUT2D eigenvalue weighted by atomic mass is 9.79. The minimum atomic E-state index is -0.194. The fraction of sp³-hybridized carbons (Fsp3) is 0.00962. The van der Waals surface area contributed by atoms with Gasteiger partial charge in [0.2, 0.25) is 0 Å². The largest absolute Gasteiger partial charge is 0.306 e. The fourth-order valence-corrected chi connectivity index (χ4v) is 18.3. The van der Waals surface area contributed by atoms with Crippen LogP contribution in [-0.4, -0.2) is 0 Å². The molecule has 10 heteroatoms. The molecule has 0 bridgehead atoms. The summed E-state index contributed by atoms with van der Waals surface area (Å²) in [6.45, 7) is 0. The van der Waals surface area contributed by atoms with E-state index in [1.165, 1.54) is 5.56 Å². The number of hydrogen-bond acceptors (Lipinski definition) is 10. The molecule has 0 amide bonds. The Bertz CT molecular complexity index is 6110.